The normalized spacial score (nSPS) is 19.8. The monoisotopic (exact) mass is 368 g/mol. The second-order valence-electron chi connectivity index (χ2n) is 7.90. The van der Waals surface area contributed by atoms with Gasteiger partial charge in [-0.25, -0.2) is 8.78 Å². The van der Waals surface area contributed by atoms with Crippen LogP contribution in [-0.4, -0.2) is 0 Å². The van der Waals surface area contributed by atoms with Gasteiger partial charge in [0.15, 0.2) is 0 Å². The highest BCUT2D eigenvalue weighted by molar-refractivity contribution is 5.67. The van der Waals surface area contributed by atoms with Crippen LogP contribution in [0.2, 0.25) is 0 Å². The SMILES string of the molecule is C=Cc1cc(F)c(-c2ccc([C@H]3CC[C@H](CCCCC)CC3)cc2)c(F)c1. The first-order chi connectivity index (χ1) is 13.1. The Morgan fingerprint density at radius 3 is 2.15 bits per heavy atom. The van der Waals surface area contributed by atoms with Crippen molar-refractivity contribution in [3.63, 3.8) is 0 Å². The number of halogens is 2. The molecule has 0 amide bonds. The summed E-state index contributed by atoms with van der Waals surface area (Å²) in [6.07, 6.45) is 11.9. The summed E-state index contributed by atoms with van der Waals surface area (Å²) in [5, 5.41) is 0. The van der Waals surface area contributed by atoms with Gasteiger partial charge in [-0.3, -0.25) is 0 Å². The third-order valence-electron chi connectivity index (χ3n) is 6.03. The van der Waals surface area contributed by atoms with Crippen LogP contribution in [0.15, 0.2) is 43.0 Å². The minimum absolute atomic E-state index is 0.0479. The van der Waals surface area contributed by atoms with Crippen molar-refractivity contribution in [2.24, 2.45) is 5.92 Å². The molecule has 2 aromatic rings. The van der Waals surface area contributed by atoms with Crippen molar-refractivity contribution in [1.29, 1.82) is 0 Å². The maximum Gasteiger partial charge on any atom is 0.134 e. The second kappa shape index (κ2) is 9.30. The lowest BCUT2D eigenvalue weighted by Gasteiger charge is -2.29. The second-order valence-corrected chi connectivity index (χ2v) is 7.90. The van der Waals surface area contributed by atoms with Gasteiger partial charge in [-0.05, 0) is 66.3 Å². The predicted octanol–water partition coefficient (Wildman–Crippen LogP) is 8.13. The largest absolute Gasteiger partial charge is 0.206 e. The van der Waals surface area contributed by atoms with E-state index < -0.39 is 11.6 Å². The van der Waals surface area contributed by atoms with Crippen LogP contribution in [0, 0.1) is 17.6 Å². The topological polar surface area (TPSA) is 0 Å². The summed E-state index contributed by atoms with van der Waals surface area (Å²) in [5.41, 5.74) is 2.40. The zero-order valence-electron chi connectivity index (χ0n) is 16.3. The molecule has 0 aliphatic heterocycles. The molecule has 0 bridgehead atoms. The molecule has 1 saturated carbocycles. The molecular formula is C25H30F2. The van der Waals surface area contributed by atoms with Crippen LogP contribution in [0.1, 0.15) is 75.3 Å². The van der Waals surface area contributed by atoms with Crippen molar-refractivity contribution >= 4 is 6.08 Å². The van der Waals surface area contributed by atoms with Gasteiger partial charge in [-0.15, -0.1) is 0 Å². The van der Waals surface area contributed by atoms with Crippen LogP contribution < -0.4 is 0 Å². The maximum absolute atomic E-state index is 14.3. The standard InChI is InChI=1S/C25H30F2/c1-3-5-6-7-19-8-10-20(11-9-19)21-12-14-22(15-13-21)25-23(26)16-18(4-2)17-24(25)27/h4,12-17,19-20H,2-3,5-11H2,1H3/t19-,20-. The van der Waals surface area contributed by atoms with Gasteiger partial charge in [0, 0.05) is 0 Å². The molecular weight excluding hydrogens is 338 g/mol. The van der Waals surface area contributed by atoms with Gasteiger partial charge in [-0.1, -0.05) is 69.5 Å². The van der Waals surface area contributed by atoms with Gasteiger partial charge < -0.3 is 0 Å². The van der Waals surface area contributed by atoms with E-state index in [-0.39, 0.29) is 5.56 Å². The molecule has 3 rings (SSSR count). The highest BCUT2D eigenvalue weighted by Crippen LogP contribution is 2.38. The first-order valence-corrected chi connectivity index (χ1v) is 10.3. The molecule has 0 spiro atoms. The fourth-order valence-corrected chi connectivity index (χ4v) is 4.38. The fourth-order valence-electron chi connectivity index (χ4n) is 4.38. The number of unbranched alkanes of at least 4 members (excludes halogenated alkanes) is 2. The Morgan fingerprint density at radius 2 is 1.59 bits per heavy atom. The zero-order valence-corrected chi connectivity index (χ0v) is 16.3. The van der Waals surface area contributed by atoms with Gasteiger partial charge in [0.2, 0.25) is 0 Å². The third kappa shape index (κ3) is 4.86. The molecule has 0 aromatic heterocycles. The lowest BCUT2D eigenvalue weighted by atomic mass is 9.77. The van der Waals surface area contributed by atoms with Crippen molar-refractivity contribution < 1.29 is 8.78 Å². The Labute approximate surface area is 162 Å². The summed E-state index contributed by atoms with van der Waals surface area (Å²) < 4.78 is 28.6. The van der Waals surface area contributed by atoms with Gasteiger partial charge in [0.05, 0.1) is 5.56 Å². The highest BCUT2D eigenvalue weighted by atomic mass is 19.1. The van der Waals surface area contributed by atoms with Crippen LogP contribution in [0.3, 0.4) is 0 Å². The molecule has 0 heterocycles. The molecule has 0 N–H and O–H groups in total. The molecule has 0 radical (unpaired) electrons. The lowest BCUT2D eigenvalue weighted by Crippen LogP contribution is -2.13. The van der Waals surface area contributed by atoms with E-state index in [9.17, 15) is 8.78 Å². The first kappa shape index (κ1) is 19.8. The number of rotatable bonds is 7. The van der Waals surface area contributed by atoms with E-state index in [4.69, 9.17) is 0 Å². The average molecular weight is 369 g/mol. The summed E-state index contributed by atoms with van der Waals surface area (Å²) >= 11 is 0. The van der Waals surface area contributed by atoms with E-state index in [2.05, 4.69) is 25.6 Å². The third-order valence-corrected chi connectivity index (χ3v) is 6.03. The summed E-state index contributed by atoms with van der Waals surface area (Å²) in [4.78, 5) is 0. The predicted molar refractivity (Wildman–Crippen MR) is 111 cm³/mol. The molecule has 144 valence electrons. The minimum Gasteiger partial charge on any atom is -0.206 e. The van der Waals surface area contributed by atoms with Crippen LogP contribution >= 0.6 is 0 Å². The molecule has 0 saturated heterocycles. The fraction of sp³-hybridized carbons (Fsp3) is 0.440. The van der Waals surface area contributed by atoms with Gasteiger partial charge in [-0.2, -0.15) is 0 Å². The van der Waals surface area contributed by atoms with Crippen molar-refractivity contribution in [3.8, 4) is 11.1 Å². The van der Waals surface area contributed by atoms with Gasteiger partial charge in [0.25, 0.3) is 0 Å². The Kier molecular flexibility index (Phi) is 6.82. The molecule has 27 heavy (non-hydrogen) atoms. The minimum atomic E-state index is -0.537. The lowest BCUT2D eigenvalue weighted by molar-refractivity contribution is 0.303. The maximum atomic E-state index is 14.3. The molecule has 0 unspecified atom stereocenters. The molecule has 1 aliphatic carbocycles. The first-order valence-electron chi connectivity index (χ1n) is 10.3. The highest BCUT2D eigenvalue weighted by Gasteiger charge is 2.22. The number of benzene rings is 2. The zero-order chi connectivity index (χ0) is 19.2. The van der Waals surface area contributed by atoms with Crippen molar-refractivity contribution in [2.45, 2.75) is 64.2 Å². The van der Waals surface area contributed by atoms with Gasteiger partial charge >= 0.3 is 0 Å². The average Bonchev–Trinajstić information content (AvgIpc) is 2.69. The van der Waals surface area contributed by atoms with Crippen molar-refractivity contribution in [3.05, 3.63) is 65.7 Å². The smallest absolute Gasteiger partial charge is 0.134 e. The molecule has 1 fully saturated rings. The van der Waals surface area contributed by atoms with E-state index >= 15 is 0 Å². The van der Waals surface area contributed by atoms with Gasteiger partial charge in [0.1, 0.15) is 11.6 Å². The summed E-state index contributed by atoms with van der Waals surface area (Å²) in [6, 6.07) is 10.5. The van der Waals surface area contributed by atoms with E-state index in [1.807, 2.05) is 12.1 Å². The van der Waals surface area contributed by atoms with E-state index in [1.54, 1.807) is 0 Å². The molecule has 0 atom stereocenters. The van der Waals surface area contributed by atoms with E-state index in [1.165, 1.54) is 75.1 Å². The molecule has 2 heteroatoms. The molecule has 2 aromatic carbocycles. The van der Waals surface area contributed by atoms with E-state index in [0.717, 1.165) is 5.92 Å². The summed E-state index contributed by atoms with van der Waals surface area (Å²) in [5.74, 6) is 0.397. The van der Waals surface area contributed by atoms with Crippen LogP contribution in [0.25, 0.3) is 17.2 Å². The van der Waals surface area contributed by atoms with E-state index in [0.29, 0.717) is 17.0 Å². The summed E-state index contributed by atoms with van der Waals surface area (Å²) in [7, 11) is 0. The summed E-state index contributed by atoms with van der Waals surface area (Å²) in [6.45, 7) is 5.83. The number of hydrogen-bond donors (Lipinski definition) is 0. The van der Waals surface area contributed by atoms with Crippen molar-refractivity contribution in [2.75, 3.05) is 0 Å². The van der Waals surface area contributed by atoms with Crippen molar-refractivity contribution in [1.82, 2.24) is 0 Å². The Balaban J connectivity index is 1.66. The van der Waals surface area contributed by atoms with Crippen LogP contribution in [0.4, 0.5) is 8.78 Å². The van der Waals surface area contributed by atoms with Crippen LogP contribution in [-0.2, 0) is 0 Å². The number of hydrogen-bond acceptors (Lipinski definition) is 0. The molecule has 0 nitrogen and oxygen atoms in total. The Bertz CT molecular complexity index is 729. The molecule has 1 aliphatic rings. The van der Waals surface area contributed by atoms with Crippen LogP contribution in [0.5, 0.6) is 0 Å². The Morgan fingerprint density at radius 1 is 0.963 bits per heavy atom. The quantitative estimate of drug-likeness (QED) is 0.433. The Hall–Kier alpha value is -1.96.